The van der Waals surface area contributed by atoms with E-state index in [0.29, 0.717) is 11.6 Å². The van der Waals surface area contributed by atoms with Gasteiger partial charge in [-0.15, -0.1) is 0 Å². The molecule has 5 heteroatoms. The Kier molecular flexibility index (Phi) is 3.55. The Morgan fingerprint density at radius 1 is 1.32 bits per heavy atom. The molecular weight excluding hydrogens is 244 g/mol. The van der Waals surface area contributed by atoms with Crippen LogP contribution < -0.4 is 5.73 Å². The lowest BCUT2D eigenvalue weighted by Gasteiger charge is -2.06. The van der Waals surface area contributed by atoms with Gasteiger partial charge in [-0.25, -0.2) is 4.79 Å². The summed E-state index contributed by atoms with van der Waals surface area (Å²) in [6.45, 7) is 4.23. The molecule has 100 valence electrons. The quantitative estimate of drug-likeness (QED) is 0.858. The van der Waals surface area contributed by atoms with Crippen LogP contribution in [-0.2, 0) is 4.74 Å². The minimum Gasteiger partial charge on any atom is -0.465 e. The maximum absolute atomic E-state index is 11.7. The van der Waals surface area contributed by atoms with Crippen molar-refractivity contribution < 1.29 is 14.1 Å². The minimum atomic E-state index is -0.554. The third-order valence-electron chi connectivity index (χ3n) is 2.96. The Morgan fingerprint density at radius 2 is 1.95 bits per heavy atom. The highest BCUT2D eigenvalue weighted by Crippen LogP contribution is 2.28. The number of hydrogen-bond donors (Lipinski definition) is 1. The second-order valence-electron chi connectivity index (χ2n) is 4.54. The van der Waals surface area contributed by atoms with Crippen molar-refractivity contribution in [2.75, 3.05) is 12.8 Å². The molecule has 19 heavy (non-hydrogen) atoms. The van der Waals surface area contributed by atoms with Gasteiger partial charge >= 0.3 is 5.97 Å². The molecule has 0 bridgehead atoms. The standard InChI is InChI=1S/C14H16N2O3/c1-8(2)9-4-6-10(7-5-9)12-11(14(17)18-3)13(15)19-16-12/h4-8H,15H2,1-3H3. The van der Waals surface area contributed by atoms with Gasteiger partial charge in [-0.1, -0.05) is 43.3 Å². The predicted molar refractivity (Wildman–Crippen MR) is 71.8 cm³/mol. The van der Waals surface area contributed by atoms with Crippen LogP contribution in [-0.4, -0.2) is 18.2 Å². The molecule has 1 heterocycles. The van der Waals surface area contributed by atoms with Crippen LogP contribution >= 0.6 is 0 Å². The van der Waals surface area contributed by atoms with Crippen LogP contribution in [0.3, 0.4) is 0 Å². The van der Waals surface area contributed by atoms with E-state index in [1.807, 2.05) is 24.3 Å². The number of rotatable bonds is 3. The van der Waals surface area contributed by atoms with Gasteiger partial charge in [0.2, 0.25) is 5.88 Å². The van der Waals surface area contributed by atoms with Crippen LogP contribution in [0.1, 0.15) is 35.7 Å². The van der Waals surface area contributed by atoms with E-state index in [2.05, 4.69) is 23.7 Å². The van der Waals surface area contributed by atoms with Gasteiger partial charge in [0.1, 0.15) is 5.69 Å². The van der Waals surface area contributed by atoms with Crippen molar-refractivity contribution in [3.8, 4) is 11.3 Å². The van der Waals surface area contributed by atoms with Crippen molar-refractivity contribution in [2.24, 2.45) is 0 Å². The summed E-state index contributed by atoms with van der Waals surface area (Å²) in [5, 5.41) is 3.83. The van der Waals surface area contributed by atoms with E-state index in [4.69, 9.17) is 10.3 Å². The maximum atomic E-state index is 11.7. The van der Waals surface area contributed by atoms with Crippen molar-refractivity contribution in [3.63, 3.8) is 0 Å². The molecule has 0 amide bonds. The number of anilines is 1. The molecule has 1 aromatic carbocycles. The predicted octanol–water partition coefficient (Wildman–Crippen LogP) is 2.83. The van der Waals surface area contributed by atoms with Crippen LogP contribution in [0, 0.1) is 0 Å². The molecule has 2 N–H and O–H groups in total. The fraction of sp³-hybridized carbons (Fsp3) is 0.286. The van der Waals surface area contributed by atoms with Crippen LogP contribution in [0.4, 0.5) is 5.88 Å². The third-order valence-corrected chi connectivity index (χ3v) is 2.96. The van der Waals surface area contributed by atoms with E-state index in [-0.39, 0.29) is 11.4 Å². The fourth-order valence-corrected chi connectivity index (χ4v) is 1.83. The van der Waals surface area contributed by atoms with Crippen LogP contribution in [0.5, 0.6) is 0 Å². The normalized spacial score (nSPS) is 10.7. The molecular formula is C14H16N2O3. The smallest absolute Gasteiger partial charge is 0.345 e. The van der Waals surface area contributed by atoms with E-state index in [1.54, 1.807) is 0 Å². The van der Waals surface area contributed by atoms with Crippen molar-refractivity contribution in [3.05, 3.63) is 35.4 Å². The summed E-state index contributed by atoms with van der Waals surface area (Å²) in [6.07, 6.45) is 0. The lowest BCUT2D eigenvalue weighted by molar-refractivity contribution is 0.0602. The summed E-state index contributed by atoms with van der Waals surface area (Å²) in [5.74, 6) is -0.145. The first-order valence-electron chi connectivity index (χ1n) is 5.98. The first-order chi connectivity index (χ1) is 9.04. The number of ether oxygens (including phenoxy) is 1. The number of nitrogens with zero attached hydrogens (tertiary/aromatic N) is 1. The Labute approximate surface area is 111 Å². The van der Waals surface area contributed by atoms with Gasteiger partial charge in [0.15, 0.2) is 5.56 Å². The van der Waals surface area contributed by atoms with Gasteiger partial charge in [0, 0.05) is 5.56 Å². The van der Waals surface area contributed by atoms with Gasteiger partial charge < -0.3 is 15.0 Å². The van der Waals surface area contributed by atoms with Crippen LogP contribution in [0.2, 0.25) is 0 Å². The third kappa shape index (κ3) is 2.45. The Hall–Kier alpha value is -2.30. The zero-order valence-corrected chi connectivity index (χ0v) is 11.1. The van der Waals surface area contributed by atoms with Gasteiger partial charge in [0.05, 0.1) is 7.11 Å². The number of esters is 1. The molecule has 2 rings (SSSR count). The molecule has 5 nitrogen and oxygen atoms in total. The molecule has 0 atom stereocenters. The minimum absolute atomic E-state index is 0.0326. The van der Waals surface area contributed by atoms with E-state index in [0.717, 1.165) is 5.56 Å². The maximum Gasteiger partial charge on any atom is 0.345 e. The van der Waals surface area contributed by atoms with Gasteiger partial charge in [-0.2, -0.15) is 0 Å². The highest BCUT2D eigenvalue weighted by atomic mass is 16.5. The molecule has 0 fully saturated rings. The molecule has 0 aliphatic carbocycles. The Balaban J connectivity index is 2.45. The lowest BCUT2D eigenvalue weighted by Crippen LogP contribution is -2.04. The zero-order valence-electron chi connectivity index (χ0n) is 11.1. The number of aromatic nitrogens is 1. The molecule has 0 radical (unpaired) electrons. The van der Waals surface area contributed by atoms with Gasteiger partial charge in [-0.05, 0) is 11.5 Å². The highest BCUT2D eigenvalue weighted by molar-refractivity contribution is 6.00. The second-order valence-corrected chi connectivity index (χ2v) is 4.54. The van der Waals surface area contributed by atoms with Gasteiger partial charge in [-0.3, -0.25) is 0 Å². The SMILES string of the molecule is COC(=O)c1c(-c2ccc(C(C)C)cc2)noc1N. The number of hydrogen-bond acceptors (Lipinski definition) is 5. The topological polar surface area (TPSA) is 78.3 Å². The largest absolute Gasteiger partial charge is 0.465 e. The van der Waals surface area contributed by atoms with Crippen molar-refractivity contribution in [1.82, 2.24) is 5.16 Å². The molecule has 0 aliphatic heterocycles. The van der Waals surface area contributed by atoms with Crippen molar-refractivity contribution in [1.29, 1.82) is 0 Å². The van der Waals surface area contributed by atoms with Crippen molar-refractivity contribution >= 4 is 11.9 Å². The average Bonchev–Trinajstić information content (AvgIpc) is 2.80. The summed E-state index contributed by atoms with van der Waals surface area (Å²) < 4.78 is 9.56. The van der Waals surface area contributed by atoms with E-state index in [1.165, 1.54) is 12.7 Å². The Bertz CT molecular complexity index is 585. The monoisotopic (exact) mass is 260 g/mol. The lowest BCUT2D eigenvalue weighted by atomic mass is 10.00. The van der Waals surface area contributed by atoms with Crippen LogP contribution in [0.15, 0.2) is 28.8 Å². The van der Waals surface area contributed by atoms with E-state index in [9.17, 15) is 4.79 Å². The van der Waals surface area contributed by atoms with Gasteiger partial charge in [0.25, 0.3) is 0 Å². The molecule has 0 saturated heterocycles. The molecule has 1 aromatic heterocycles. The summed E-state index contributed by atoms with van der Waals surface area (Å²) in [5.41, 5.74) is 8.15. The number of methoxy groups -OCH3 is 1. The summed E-state index contributed by atoms with van der Waals surface area (Å²) in [7, 11) is 1.29. The molecule has 0 unspecified atom stereocenters. The first kappa shape index (κ1) is 13.1. The number of benzene rings is 1. The molecule has 0 saturated carbocycles. The summed E-state index contributed by atoms with van der Waals surface area (Å²) in [4.78, 5) is 11.7. The Morgan fingerprint density at radius 3 is 2.47 bits per heavy atom. The first-order valence-corrected chi connectivity index (χ1v) is 5.98. The van der Waals surface area contributed by atoms with Crippen molar-refractivity contribution in [2.45, 2.75) is 19.8 Å². The second kappa shape index (κ2) is 5.14. The number of carbonyl (C=O) groups is 1. The molecule has 0 spiro atoms. The average molecular weight is 260 g/mol. The molecule has 2 aromatic rings. The fourth-order valence-electron chi connectivity index (χ4n) is 1.83. The summed E-state index contributed by atoms with van der Waals surface area (Å²) >= 11 is 0. The number of nitrogen functional groups attached to an aromatic ring is 1. The number of carbonyl (C=O) groups excluding carboxylic acids is 1. The van der Waals surface area contributed by atoms with Crippen LogP contribution in [0.25, 0.3) is 11.3 Å². The molecule has 0 aliphatic rings. The number of nitrogens with two attached hydrogens (primary N) is 1. The zero-order chi connectivity index (χ0) is 14.0. The highest BCUT2D eigenvalue weighted by Gasteiger charge is 2.23. The summed E-state index contributed by atoms with van der Waals surface area (Å²) in [6, 6.07) is 7.76. The van der Waals surface area contributed by atoms with E-state index >= 15 is 0 Å². The van der Waals surface area contributed by atoms with E-state index < -0.39 is 5.97 Å².